The van der Waals surface area contributed by atoms with Crippen molar-refractivity contribution in [2.45, 2.75) is 26.7 Å². The fraction of sp³-hybridized carbons (Fsp3) is 0.400. The van der Waals surface area contributed by atoms with Gasteiger partial charge in [-0.2, -0.15) is 5.10 Å². The van der Waals surface area contributed by atoms with E-state index in [2.05, 4.69) is 15.2 Å². The van der Waals surface area contributed by atoms with E-state index in [1.165, 1.54) is 11.8 Å². The quantitative estimate of drug-likeness (QED) is 0.924. The second-order valence-corrected chi connectivity index (χ2v) is 5.54. The van der Waals surface area contributed by atoms with Crippen molar-refractivity contribution in [1.82, 2.24) is 20.1 Å². The zero-order valence-corrected chi connectivity index (χ0v) is 13.2. The van der Waals surface area contributed by atoms with Gasteiger partial charge in [0.25, 0.3) is 5.91 Å². The number of H-pyrrole nitrogens is 1. The maximum atomic E-state index is 12.2. The van der Waals surface area contributed by atoms with Crippen LogP contribution in [0.2, 0.25) is 5.02 Å². The molecule has 0 saturated heterocycles. The number of pyridine rings is 1. The molecule has 0 aliphatic heterocycles. The van der Waals surface area contributed by atoms with Crippen LogP contribution in [-0.2, 0) is 6.42 Å². The van der Waals surface area contributed by atoms with Crippen molar-refractivity contribution in [3.8, 4) is 0 Å². The normalized spacial score (nSPS) is 10.7. The van der Waals surface area contributed by atoms with Crippen molar-refractivity contribution in [1.29, 1.82) is 0 Å². The Morgan fingerprint density at radius 1 is 1.38 bits per heavy atom. The van der Waals surface area contributed by atoms with Crippen LogP contribution in [-0.4, -0.2) is 39.6 Å². The molecule has 21 heavy (non-hydrogen) atoms. The highest BCUT2D eigenvalue weighted by Crippen LogP contribution is 2.13. The highest BCUT2D eigenvalue weighted by atomic mass is 35.5. The number of aromatic amines is 1. The zero-order chi connectivity index (χ0) is 15.4. The average molecular weight is 307 g/mol. The largest absolute Gasteiger partial charge is 0.340 e. The van der Waals surface area contributed by atoms with E-state index in [1.807, 2.05) is 13.8 Å². The maximum absolute atomic E-state index is 12.2. The Labute approximate surface area is 129 Å². The van der Waals surface area contributed by atoms with Gasteiger partial charge in [-0.1, -0.05) is 11.6 Å². The number of hydrogen-bond donors (Lipinski definition) is 1. The Morgan fingerprint density at radius 3 is 2.71 bits per heavy atom. The van der Waals surface area contributed by atoms with Gasteiger partial charge >= 0.3 is 0 Å². The van der Waals surface area contributed by atoms with Crippen LogP contribution in [0.1, 0.15) is 33.9 Å². The second-order valence-electron chi connectivity index (χ2n) is 5.10. The average Bonchev–Trinajstić information content (AvgIpc) is 2.79. The Balaban J connectivity index is 1.88. The highest BCUT2D eigenvalue weighted by molar-refractivity contribution is 6.30. The molecule has 0 saturated carbocycles. The Hall–Kier alpha value is -1.88. The van der Waals surface area contributed by atoms with E-state index in [0.29, 0.717) is 17.3 Å². The Bertz CT molecular complexity index is 602. The standard InChI is InChI=1S/C15H19ClN4O/c1-10-13(11(2)19-18-10)5-4-8-20(3)15(21)14-7-6-12(16)9-17-14/h6-7,9H,4-5,8H2,1-3H3,(H,18,19). The molecular weight excluding hydrogens is 288 g/mol. The van der Waals surface area contributed by atoms with Gasteiger partial charge in [0.05, 0.1) is 10.7 Å². The third-order valence-corrected chi connectivity index (χ3v) is 3.72. The van der Waals surface area contributed by atoms with Crippen molar-refractivity contribution >= 4 is 17.5 Å². The first kappa shape index (κ1) is 15.5. The summed E-state index contributed by atoms with van der Waals surface area (Å²) in [7, 11) is 1.79. The second kappa shape index (κ2) is 6.72. The van der Waals surface area contributed by atoms with E-state index in [4.69, 9.17) is 11.6 Å². The van der Waals surface area contributed by atoms with E-state index < -0.39 is 0 Å². The summed E-state index contributed by atoms with van der Waals surface area (Å²) in [6.07, 6.45) is 3.28. The van der Waals surface area contributed by atoms with Crippen LogP contribution in [0.5, 0.6) is 0 Å². The predicted octanol–water partition coefficient (Wildman–Crippen LogP) is 2.78. The minimum Gasteiger partial charge on any atom is -0.340 e. The molecule has 112 valence electrons. The molecule has 2 aromatic rings. The zero-order valence-electron chi connectivity index (χ0n) is 12.5. The molecule has 2 aromatic heterocycles. The summed E-state index contributed by atoms with van der Waals surface area (Å²) >= 11 is 5.77. The number of amides is 1. The van der Waals surface area contributed by atoms with E-state index in [1.54, 1.807) is 24.1 Å². The van der Waals surface area contributed by atoms with Gasteiger partial charge in [-0.25, -0.2) is 4.98 Å². The number of carbonyl (C=O) groups excluding carboxylic acids is 1. The number of nitrogens with one attached hydrogen (secondary N) is 1. The lowest BCUT2D eigenvalue weighted by Crippen LogP contribution is -2.28. The Morgan fingerprint density at radius 2 is 2.14 bits per heavy atom. The SMILES string of the molecule is Cc1n[nH]c(C)c1CCCN(C)C(=O)c1ccc(Cl)cn1. The molecule has 1 amide bonds. The minimum absolute atomic E-state index is 0.0905. The van der Waals surface area contributed by atoms with Crippen LogP contribution >= 0.6 is 11.6 Å². The van der Waals surface area contributed by atoms with E-state index in [-0.39, 0.29) is 5.91 Å². The molecule has 0 aliphatic carbocycles. The van der Waals surface area contributed by atoms with Crippen molar-refractivity contribution in [2.75, 3.05) is 13.6 Å². The van der Waals surface area contributed by atoms with Crippen LogP contribution in [0, 0.1) is 13.8 Å². The van der Waals surface area contributed by atoms with Crippen molar-refractivity contribution in [3.05, 3.63) is 46.0 Å². The molecule has 0 aliphatic rings. The molecule has 0 radical (unpaired) electrons. The summed E-state index contributed by atoms with van der Waals surface area (Å²) in [6, 6.07) is 3.32. The molecule has 5 nitrogen and oxygen atoms in total. The van der Waals surface area contributed by atoms with Crippen LogP contribution in [0.15, 0.2) is 18.3 Å². The number of carbonyl (C=O) groups is 1. The van der Waals surface area contributed by atoms with Crippen LogP contribution in [0.4, 0.5) is 0 Å². The topological polar surface area (TPSA) is 61.9 Å². The van der Waals surface area contributed by atoms with Gasteiger partial charge in [-0.15, -0.1) is 0 Å². The van der Waals surface area contributed by atoms with Gasteiger partial charge in [0.15, 0.2) is 0 Å². The molecule has 6 heteroatoms. The van der Waals surface area contributed by atoms with E-state index >= 15 is 0 Å². The van der Waals surface area contributed by atoms with Gasteiger partial charge in [0.1, 0.15) is 5.69 Å². The molecule has 0 bridgehead atoms. The number of hydrogen-bond acceptors (Lipinski definition) is 3. The molecule has 0 atom stereocenters. The molecule has 2 rings (SSSR count). The summed E-state index contributed by atoms with van der Waals surface area (Å²) < 4.78 is 0. The number of rotatable bonds is 5. The highest BCUT2D eigenvalue weighted by Gasteiger charge is 2.13. The third kappa shape index (κ3) is 3.82. The van der Waals surface area contributed by atoms with Gasteiger partial charge in [0, 0.05) is 25.5 Å². The minimum atomic E-state index is -0.0905. The third-order valence-electron chi connectivity index (χ3n) is 3.49. The molecular formula is C15H19ClN4O. The molecule has 0 spiro atoms. The first-order valence-electron chi connectivity index (χ1n) is 6.86. The fourth-order valence-corrected chi connectivity index (χ4v) is 2.35. The lowest BCUT2D eigenvalue weighted by Gasteiger charge is -2.16. The summed E-state index contributed by atoms with van der Waals surface area (Å²) in [5.74, 6) is -0.0905. The van der Waals surface area contributed by atoms with Crippen LogP contribution in [0.3, 0.4) is 0 Å². The number of halogens is 1. The smallest absolute Gasteiger partial charge is 0.272 e. The molecule has 1 N–H and O–H groups in total. The lowest BCUT2D eigenvalue weighted by atomic mass is 10.1. The van der Waals surface area contributed by atoms with E-state index in [0.717, 1.165) is 24.2 Å². The van der Waals surface area contributed by atoms with Crippen molar-refractivity contribution < 1.29 is 4.79 Å². The first-order chi connectivity index (χ1) is 9.99. The van der Waals surface area contributed by atoms with Crippen LogP contribution < -0.4 is 0 Å². The van der Waals surface area contributed by atoms with Gasteiger partial charge in [0.2, 0.25) is 0 Å². The molecule has 0 aromatic carbocycles. The summed E-state index contributed by atoms with van der Waals surface area (Å²) in [4.78, 5) is 17.9. The van der Waals surface area contributed by atoms with Crippen molar-refractivity contribution in [2.24, 2.45) is 0 Å². The van der Waals surface area contributed by atoms with Gasteiger partial charge < -0.3 is 4.90 Å². The Kier molecular flexibility index (Phi) is 4.96. The predicted molar refractivity (Wildman–Crippen MR) is 82.6 cm³/mol. The molecule has 2 heterocycles. The monoisotopic (exact) mass is 306 g/mol. The van der Waals surface area contributed by atoms with Crippen molar-refractivity contribution in [3.63, 3.8) is 0 Å². The number of nitrogens with zero attached hydrogens (tertiary/aromatic N) is 3. The van der Waals surface area contributed by atoms with Crippen LogP contribution in [0.25, 0.3) is 0 Å². The summed E-state index contributed by atoms with van der Waals surface area (Å²) in [5, 5.41) is 7.68. The summed E-state index contributed by atoms with van der Waals surface area (Å²) in [6.45, 7) is 4.68. The maximum Gasteiger partial charge on any atom is 0.272 e. The summed E-state index contributed by atoms with van der Waals surface area (Å²) in [5.41, 5.74) is 3.78. The van der Waals surface area contributed by atoms with Gasteiger partial charge in [-0.3, -0.25) is 9.89 Å². The fourth-order valence-electron chi connectivity index (χ4n) is 2.23. The number of aryl methyl sites for hydroxylation is 2. The lowest BCUT2D eigenvalue weighted by molar-refractivity contribution is 0.0788. The number of aromatic nitrogens is 3. The van der Waals surface area contributed by atoms with E-state index in [9.17, 15) is 4.79 Å². The molecule has 0 unspecified atom stereocenters. The van der Waals surface area contributed by atoms with Gasteiger partial charge in [-0.05, 0) is 44.4 Å². The first-order valence-corrected chi connectivity index (χ1v) is 7.24. The molecule has 0 fully saturated rings.